The Morgan fingerprint density at radius 3 is 2.76 bits per heavy atom. The quantitative estimate of drug-likeness (QED) is 0.257. The van der Waals surface area contributed by atoms with Gasteiger partial charge in [0.1, 0.15) is 17.5 Å². The molecule has 5 rings (SSSR count). The lowest BCUT2D eigenvalue weighted by Crippen LogP contribution is -2.34. The summed E-state index contributed by atoms with van der Waals surface area (Å²) in [7, 11) is 1.58. The van der Waals surface area contributed by atoms with Crippen LogP contribution in [0.5, 0.6) is 11.5 Å². The summed E-state index contributed by atoms with van der Waals surface area (Å²) in [4.78, 5) is 32.5. The van der Waals surface area contributed by atoms with Crippen molar-refractivity contribution in [3.8, 4) is 11.5 Å². The molecule has 9 heteroatoms. The van der Waals surface area contributed by atoms with Crippen molar-refractivity contribution in [3.63, 3.8) is 0 Å². The van der Waals surface area contributed by atoms with Gasteiger partial charge in [0.15, 0.2) is 11.5 Å². The topological polar surface area (TPSA) is 94.8 Å². The molecule has 196 valence electrons. The first-order valence-electron chi connectivity index (χ1n) is 12.7. The zero-order valence-corrected chi connectivity index (χ0v) is 22.5. The highest BCUT2D eigenvalue weighted by molar-refractivity contribution is 7.18. The number of carbonyl (C=O) groups excluding carboxylic acids is 1. The van der Waals surface area contributed by atoms with E-state index in [0.29, 0.717) is 23.5 Å². The Hall–Kier alpha value is -3.98. The predicted molar refractivity (Wildman–Crippen MR) is 149 cm³/mol. The Morgan fingerprint density at radius 2 is 1.97 bits per heavy atom. The highest BCUT2D eigenvalue weighted by Gasteiger charge is 2.23. The van der Waals surface area contributed by atoms with E-state index in [1.807, 2.05) is 37.3 Å². The van der Waals surface area contributed by atoms with Gasteiger partial charge in [0.05, 0.1) is 25.0 Å². The number of hydrogen-bond acceptors (Lipinski definition) is 7. The molecule has 0 saturated carbocycles. The molecule has 1 N–H and O–H groups in total. The Kier molecular flexibility index (Phi) is 7.55. The van der Waals surface area contributed by atoms with Gasteiger partial charge in [-0.1, -0.05) is 29.8 Å². The third-order valence-corrected chi connectivity index (χ3v) is 7.99. The van der Waals surface area contributed by atoms with E-state index < -0.39 is 11.9 Å². The maximum atomic E-state index is 13.2. The van der Waals surface area contributed by atoms with Gasteiger partial charge in [-0.2, -0.15) is 5.10 Å². The van der Waals surface area contributed by atoms with Crippen molar-refractivity contribution in [2.45, 2.75) is 52.2 Å². The molecular formula is C29H30N4O4S. The van der Waals surface area contributed by atoms with Gasteiger partial charge in [-0.15, -0.1) is 11.3 Å². The number of hydrogen-bond donors (Lipinski definition) is 1. The number of ether oxygens (including phenoxy) is 2. The average molecular weight is 531 g/mol. The van der Waals surface area contributed by atoms with E-state index >= 15 is 0 Å². The first-order chi connectivity index (χ1) is 18.4. The van der Waals surface area contributed by atoms with Crippen molar-refractivity contribution in [3.05, 3.63) is 86.3 Å². The summed E-state index contributed by atoms with van der Waals surface area (Å²) in [6.45, 7) is 4.14. The molecule has 8 nitrogen and oxygen atoms in total. The molecule has 0 unspecified atom stereocenters. The zero-order valence-electron chi connectivity index (χ0n) is 21.7. The molecule has 0 fully saturated rings. The number of aryl methyl sites for hydroxylation is 3. The fraction of sp³-hybridized carbons (Fsp3) is 0.310. The molecule has 1 aliphatic carbocycles. The number of amides is 1. The highest BCUT2D eigenvalue weighted by Crippen LogP contribution is 2.33. The number of nitrogens with one attached hydrogen (secondary N) is 1. The number of hydrazone groups is 1. The summed E-state index contributed by atoms with van der Waals surface area (Å²) in [5, 5.41) is 4.75. The number of aromatic nitrogens is 2. The molecule has 1 amide bonds. The number of rotatable bonds is 8. The third kappa shape index (κ3) is 5.33. The van der Waals surface area contributed by atoms with E-state index in [4.69, 9.17) is 9.47 Å². The fourth-order valence-corrected chi connectivity index (χ4v) is 5.77. The van der Waals surface area contributed by atoms with Gasteiger partial charge in [0.2, 0.25) is 0 Å². The lowest BCUT2D eigenvalue weighted by atomic mass is 9.97. The van der Waals surface area contributed by atoms with Gasteiger partial charge in [-0.3, -0.25) is 14.2 Å². The molecule has 0 spiro atoms. The lowest BCUT2D eigenvalue weighted by Gasteiger charge is -2.14. The van der Waals surface area contributed by atoms with Crippen LogP contribution in [0.1, 0.15) is 52.9 Å². The van der Waals surface area contributed by atoms with Crippen LogP contribution in [-0.4, -0.2) is 28.8 Å². The van der Waals surface area contributed by atoms with Crippen molar-refractivity contribution >= 4 is 33.7 Å². The third-order valence-electron chi connectivity index (χ3n) is 6.79. The van der Waals surface area contributed by atoms with Crippen molar-refractivity contribution in [1.29, 1.82) is 0 Å². The molecular weight excluding hydrogens is 500 g/mol. The van der Waals surface area contributed by atoms with Gasteiger partial charge in [-0.25, -0.2) is 10.4 Å². The molecule has 1 aliphatic rings. The standard InChI is InChI=1S/C29H30N4O4S/c1-18-8-10-20(11-9-18)16-37-23-13-12-21(14-24(23)36-3)15-31-32-27(34)19(2)33-17-30-28-26(29(33)35)22-6-4-5-7-25(22)38-28/h8-15,17,19H,4-7,16H2,1-3H3,(H,32,34)/b31-15-/t19-/m1/s1. The molecule has 1 atom stereocenters. The number of fused-ring (bicyclic) bond motifs is 3. The largest absolute Gasteiger partial charge is 0.493 e. The summed E-state index contributed by atoms with van der Waals surface area (Å²) in [5.74, 6) is 0.769. The Balaban J connectivity index is 1.25. The second-order valence-corrected chi connectivity index (χ2v) is 10.5. The summed E-state index contributed by atoms with van der Waals surface area (Å²) in [6.07, 6.45) is 7.07. The van der Waals surface area contributed by atoms with Crippen molar-refractivity contribution in [1.82, 2.24) is 15.0 Å². The van der Waals surface area contributed by atoms with Crippen molar-refractivity contribution in [2.75, 3.05) is 7.11 Å². The van der Waals surface area contributed by atoms with Gasteiger partial charge in [0, 0.05) is 4.88 Å². The van der Waals surface area contributed by atoms with Crippen molar-refractivity contribution < 1.29 is 14.3 Å². The SMILES string of the molecule is COc1cc(/C=N\NC(=O)[C@@H](C)n2cnc3sc4c(c3c2=O)CCCC4)ccc1OCc1ccc(C)cc1. The number of nitrogens with zero attached hydrogens (tertiary/aromatic N) is 3. The highest BCUT2D eigenvalue weighted by atomic mass is 32.1. The minimum Gasteiger partial charge on any atom is -0.493 e. The molecule has 4 aromatic rings. The van der Waals surface area contributed by atoms with Gasteiger partial charge in [0.25, 0.3) is 11.5 Å². The molecule has 2 heterocycles. The smallest absolute Gasteiger partial charge is 0.263 e. The van der Waals surface area contributed by atoms with Crippen LogP contribution in [-0.2, 0) is 24.2 Å². The number of thiophene rings is 1. The van der Waals surface area contributed by atoms with E-state index in [-0.39, 0.29) is 5.56 Å². The second kappa shape index (κ2) is 11.2. The van der Waals surface area contributed by atoms with E-state index in [9.17, 15) is 9.59 Å². The fourth-order valence-electron chi connectivity index (χ4n) is 4.55. The van der Waals surface area contributed by atoms with Crippen LogP contribution < -0.4 is 20.5 Å². The Morgan fingerprint density at radius 1 is 1.18 bits per heavy atom. The van der Waals surface area contributed by atoms with Crippen LogP contribution >= 0.6 is 11.3 Å². The lowest BCUT2D eigenvalue weighted by molar-refractivity contribution is -0.123. The minimum atomic E-state index is -0.761. The maximum absolute atomic E-state index is 13.2. The summed E-state index contributed by atoms with van der Waals surface area (Å²) in [5.41, 5.74) is 6.45. The van der Waals surface area contributed by atoms with Gasteiger partial charge in [-0.05, 0) is 74.4 Å². The van der Waals surface area contributed by atoms with E-state index in [0.717, 1.165) is 47.2 Å². The first-order valence-corrected chi connectivity index (χ1v) is 13.5. The van der Waals surface area contributed by atoms with Crippen molar-refractivity contribution in [2.24, 2.45) is 5.10 Å². The minimum absolute atomic E-state index is 0.174. The Labute approximate surface area is 224 Å². The van der Waals surface area contributed by atoms with E-state index in [1.54, 1.807) is 37.5 Å². The van der Waals surface area contributed by atoms with Crippen LogP contribution in [0.25, 0.3) is 10.2 Å². The zero-order chi connectivity index (χ0) is 26.6. The first kappa shape index (κ1) is 25.7. The van der Waals surface area contributed by atoms with Gasteiger partial charge < -0.3 is 9.47 Å². The van der Waals surface area contributed by atoms with Crippen LogP contribution in [0.4, 0.5) is 0 Å². The normalized spacial score (nSPS) is 13.9. The van der Waals surface area contributed by atoms with Crippen LogP contribution in [0.3, 0.4) is 0 Å². The molecule has 38 heavy (non-hydrogen) atoms. The van der Waals surface area contributed by atoms with Crippen LogP contribution in [0.15, 0.2) is 58.7 Å². The molecule has 0 bridgehead atoms. The maximum Gasteiger partial charge on any atom is 0.263 e. The number of carbonyl (C=O) groups is 1. The molecule has 0 aliphatic heterocycles. The number of benzene rings is 2. The summed E-state index contributed by atoms with van der Waals surface area (Å²) in [6, 6.07) is 12.8. The number of methoxy groups -OCH3 is 1. The second-order valence-electron chi connectivity index (χ2n) is 9.44. The monoisotopic (exact) mass is 530 g/mol. The summed E-state index contributed by atoms with van der Waals surface area (Å²) >= 11 is 1.59. The summed E-state index contributed by atoms with van der Waals surface area (Å²) < 4.78 is 12.8. The molecule has 2 aromatic carbocycles. The van der Waals surface area contributed by atoms with E-state index in [1.165, 1.54) is 27.5 Å². The van der Waals surface area contributed by atoms with Crippen LogP contribution in [0, 0.1) is 6.92 Å². The molecule has 0 saturated heterocycles. The Bertz CT molecular complexity index is 1560. The van der Waals surface area contributed by atoms with E-state index in [2.05, 4.69) is 15.5 Å². The molecule has 2 aromatic heterocycles. The van der Waals surface area contributed by atoms with Gasteiger partial charge >= 0.3 is 0 Å². The van der Waals surface area contributed by atoms with Crippen LogP contribution in [0.2, 0.25) is 0 Å². The molecule has 0 radical (unpaired) electrons. The predicted octanol–water partition coefficient (Wildman–Crippen LogP) is 4.94. The average Bonchev–Trinajstić information content (AvgIpc) is 3.32.